The van der Waals surface area contributed by atoms with Crippen molar-refractivity contribution in [2.24, 2.45) is 0 Å². The van der Waals surface area contributed by atoms with Gasteiger partial charge in [0.15, 0.2) is 0 Å². The fraction of sp³-hybridized carbons (Fsp3) is 0.250. The number of hydrogen-bond donors (Lipinski definition) is 1. The topological polar surface area (TPSA) is 47.3 Å². The van der Waals surface area contributed by atoms with E-state index >= 15 is 0 Å². The van der Waals surface area contributed by atoms with Crippen molar-refractivity contribution in [1.82, 2.24) is 9.78 Å². The highest BCUT2D eigenvalue weighted by atomic mass is 16.5. The maximum absolute atomic E-state index is 9.68. The zero-order valence-corrected chi connectivity index (χ0v) is 14.0. The summed E-state index contributed by atoms with van der Waals surface area (Å²) in [6.07, 6.45) is 1.79. The van der Waals surface area contributed by atoms with Gasteiger partial charge in [-0.25, -0.2) is 0 Å². The van der Waals surface area contributed by atoms with Crippen molar-refractivity contribution < 1.29 is 9.84 Å². The van der Waals surface area contributed by atoms with Gasteiger partial charge in [-0.05, 0) is 43.2 Å². The van der Waals surface area contributed by atoms with Crippen molar-refractivity contribution in [2.75, 3.05) is 0 Å². The number of hydrogen-bond acceptors (Lipinski definition) is 3. The zero-order valence-electron chi connectivity index (χ0n) is 14.0. The fourth-order valence-corrected chi connectivity index (χ4v) is 2.70. The summed E-state index contributed by atoms with van der Waals surface area (Å²) in [5.41, 5.74) is 3.93. The van der Waals surface area contributed by atoms with E-state index in [2.05, 4.69) is 18.9 Å². The van der Waals surface area contributed by atoms with Gasteiger partial charge in [0.25, 0.3) is 0 Å². The van der Waals surface area contributed by atoms with Gasteiger partial charge >= 0.3 is 0 Å². The van der Waals surface area contributed by atoms with Gasteiger partial charge in [0.05, 0.1) is 12.3 Å². The Bertz CT molecular complexity index is 794. The van der Waals surface area contributed by atoms with Crippen molar-refractivity contribution in [2.45, 2.75) is 33.1 Å². The Kier molecular flexibility index (Phi) is 4.96. The smallest absolute Gasteiger partial charge is 0.120 e. The number of benzene rings is 2. The second-order valence-corrected chi connectivity index (χ2v) is 6.01. The maximum atomic E-state index is 9.68. The van der Waals surface area contributed by atoms with Crippen molar-refractivity contribution in [3.63, 3.8) is 0 Å². The Morgan fingerprint density at radius 2 is 1.88 bits per heavy atom. The van der Waals surface area contributed by atoms with E-state index < -0.39 is 0 Å². The molecule has 0 aliphatic heterocycles. The number of aromatic nitrogens is 2. The first kappa shape index (κ1) is 16.3. The Morgan fingerprint density at radius 3 is 2.58 bits per heavy atom. The molecule has 4 heteroatoms. The first-order valence-corrected chi connectivity index (χ1v) is 8.13. The van der Waals surface area contributed by atoms with Crippen LogP contribution in [0.25, 0.3) is 11.3 Å². The van der Waals surface area contributed by atoms with Crippen LogP contribution in [0.2, 0.25) is 0 Å². The molecule has 0 aliphatic carbocycles. The number of rotatable bonds is 6. The van der Waals surface area contributed by atoms with E-state index in [-0.39, 0.29) is 12.6 Å². The third-order valence-corrected chi connectivity index (χ3v) is 3.94. The van der Waals surface area contributed by atoms with Crippen LogP contribution in [0.4, 0.5) is 0 Å². The Hall–Kier alpha value is -2.59. The number of ether oxygens (including phenoxy) is 1. The summed E-state index contributed by atoms with van der Waals surface area (Å²) < 4.78 is 7.87. The molecule has 124 valence electrons. The lowest BCUT2D eigenvalue weighted by atomic mass is 10.0. The highest BCUT2D eigenvalue weighted by Gasteiger charge is 2.13. The summed E-state index contributed by atoms with van der Waals surface area (Å²) >= 11 is 0. The first-order chi connectivity index (χ1) is 11.7. The summed E-state index contributed by atoms with van der Waals surface area (Å²) in [6.45, 7) is 4.68. The average molecular weight is 322 g/mol. The molecule has 0 unspecified atom stereocenters. The lowest BCUT2D eigenvalue weighted by Crippen LogP contribution is -2.06. The molecule has 3 rings (SSSR count). The molecule has 1 heterocycles. The molecule has 3 aromatic rings. The molecule has 2 aromatic carbocycles. The monoisotopic (exact) mass is 322 g/mol. The molecule has 0 radical (unpaired) electrons. The molecule has 0 atom stereocenters. The maximum Gasteiger partial charge on any atom is 0.120 e. The molecule has 1 aromatic heterocycles. The van der Waals surface area contributed by atoms with Crippen LogP contribution < -0.4 is 4.74 Å². The predicted molar refractivity (Wildman–Crippen MR) is 94.7 cm³/mol. The van der Waals surface area contributed by atoms with Crippen LogP contribution in [-0.4, -0.2) is 14.9 Å². The number of aliphatic hydroxyl groups is 1. The van der Waals surface area contributed by atoms with Gasteiger partial charge in [-0.2, -0.15) is 5.10 Å². The van der Waals surface area contributed by atoms with Gasteiger partial charge < -0.3 is 9.84 Å². The van der Waals surface area contributed by atoms with E-state index in [0.717, 1.165) is 28.1 Å². The molecule has 0 saturated heterocycles. The SMILES string of the molecule is CC(C)n1nccc1-c1cc(OCc2ccccc2)ccc1CO. The highest BCUT2D eigenvalue weighted by Crippen LogP contribution is 2.30. The normalized spacial score (nSPS) is 11.0. The van der Waals surface area contributed by atoms with Crippen LogP contribution in [0.3, 0.4) is 0 Å². The summed E-state index contributed by atoms with van der Waals surface area (Å²) in [6, 6.07) is 18.1. The molecule has 0 spiro atoms. The average Bonchev–Trinajstić information content (AvgIpc) is 3.10. The molecule has 0 aliphatic rings. The van der Waals surface area contributed by atoms with Gasteiger partial charge in [-0.3, -0.25) is 4.68 Å². The third kappa shape index (κ3) is 3.49. The van der Waals surface area contributed by atoms with Crippen LogP contribution in [-0.2, 0) is 13.2 Å². The van der Waals surface area contributed by atoms with Gasteiger partial charge in [-0.1, -0.05) is 36.4 Å². The third-order valence-electron chi connectivity index (χ3n) is 3.94. The molecule has 24 heavy (non-hydrogen) atoms. The summed E-state index contributed by atoms with van der Waals surface area (Å²) in [5.74, 6) is 0.780. The van der Waals surface area contributed by atoms with E-state index in [4.69, 9.17) is 4.74 Å². The molecular weight excluding hydrogens is 300 g/mol. The largest absolute Gasteiger partial charge is 0.489 e. The van der Waals surface area contributed by atoms with Crippen molar-refractivity contribution in [3.05, 3.63) is 71.9 Å². The summed E-state index contributed by atoms with van der Waals surface area (Å²) in [5, 5.41) is 14.1. The van der Waals surface area contributed by atoms with Crippen LogP contribution in [0, 0.1) is 0 Å². The van der Waals surface area contributed by atoms with Gasteiger partial charge in [0.2, 0.25) is 0 Å². The lowest BCUT2D eigenvalue weighted by molar-refractivity contribution is 0.281. The number of aliphatic hydroxyl groups excluding tert-OH is 1. The van der Waals surface area contributed by atoms with Gasteiger partial charge in [0.1, 0.15) is 12.4 Å². The minimum Gasteiger partial charge on any atom is -0.489 e. The minimum absolute atomic E-state index is 0.0163. The lowest BCUT2D eigenvalue weighted by Gasteiger charge is -2.15. The van der Waals surface area contributed by atoms with Gasteiger partial charge in [-0.15, -0.1) is 0 Å². The molecule has 0 saturated carbocycles. The predicted octanol–water partition coefficient (Wildman–Crippen LogP) is 4.20. The molecule has 4 nitrogen and oxygen atoms in total. The summed E-state index contributed by atoms with van der Waals surface area (Å²) in [4.78, 5) is 0. The molecular formula is C20H22N2O2. The van der Waals surface area contributed by atoms with Crippen molar-refractivity contribution in [3.8, 4) is 17.0 Å². The molecule has 0 bridgehead atoms. The van der Waals surface area contributed by atoms with E-state index in [1.54, 1.807) is 6.20 Å². The Morgan fingerprint density at radius 1 is 1.08 bits per heavy atom. The highest BCUT2D eigenvalue weighted by molar-refractivity contribution is 5.66. The quantitative estimate of drug-likeness (QED) is 0.740. The number of nitrogens with zero attached hydrogens (tertiary/aromatic N) is 2. The van der Waals surface area contributed by atoms with E-state index in [1.807, 2.05) is 59.3 Å². The van der Waals surface area contributed by atoms with Crippen LogP contribution in [0.15, 0.2) is 60.8 Å². The van der Waals surface area contributed by atoms with E-state index in [0.29, 0.717) is 6.61 Å². The van der Waals surface area contributed by atoms with Crippen molar-refractivity contribution >= 4 is 0 Å². The van der Waals surface area contributed by atoms with Crippen LogP contribution in [0.5, 0.6) is 5.75 Å². The molecule has 0 fully saturated rings. The van der Waals surface area contributed by atoms with Crippen LogP contribution >= 0.6 is 0 Å². The molecule has 1 N–H and O–H groups in total. The Balaban J connectivity index is 1.89. The zero-order chi connectivity index (χ0) is 16.9. The van der Waals surface area contributed by atoms with Crippen molar-refractivity contribution in [1.29, 1.82) is 0 Å². The standard InChI is InChI=1S/C20H22N2O2/c1-15(2)22-20(10-11-21-22)19-12-18(9-8-17(19)13-23)24-14-16-6-4-3-5-7-16/h3-12,15,23H,13-14H2,1-2H3. The second-order valence-electron chi connectivity index (χ2n) is 6.01. The minimum atomic E-state index is -0.0163. The summed E-state index contributed by atoms with van der Waals surface area (Å²) in [7, 11) is 0. The second kappa shape index (κ2) is 7.32. The van der Waals surface area contributed by atoms with Gasteiger partial charge in [0, 0.05) is 17.8 Å². The Labute approximate surface area is 142 Å². The fourth-order valence-electron chi connectivity index (χ4n) is 2.70. The first-order valence-electron chi connectivity index (χ1n) is 8.13. The van der Waals surface area contributed by atoms with Crippen LogP contribution in [0.1, 0.15) is 31.0 Å². The van der Waals surface area contributed by atoms with E-state index in [1.165, 1.54) is 0 Å². The molecule has 0 amide bonds. The van der Waals surface area contributed by atoms with E-state index in [9.17, 15) is 5.11 Å².